The number of pyridine rings is 1. The third-order valence-electron chi connectivity index (χ3n) is 5.53. The van der Waals surface area contributed by atoms with Crippen molar-refractivity contribution in [3.8, 4) is 38.3 Å². The molecule has 5 rings (SSSR count). The van der Waals surface area contributed by atoms with Gasteiger partial charge in [-0.25, -0.2) is 9.50 Å². The number of nitrogens with one attached hydrogen (secondary N) is 1. The second kappa shape index (κ2) is 8.62. The molecule has 178 valence electrons. The summed E-state index contributed by atoms with van der Waals surface area (Å²) in [4.78, 5) is 23.8. The number of thiazole rings is 1. The van der Waals surface area contributed by atoms with E-state index in [2.05, 4.69) is 20.8 Å². The fourth-order valence-corrected chi connectivity index (χ4v) is 4.81. The molecule has 0 saturated carbocycles. The number of rotatable bonds is 5. The van der Waals surface area contributed by atoms with Crippen molar-refractivity contribution in [2.24, 2.45) is 12.5 Å². The maximum atomic E-state index is 12.2. The summed E-state index contributed by atoms with van der Waals surface area (Å²) in [5.41, 5.74) is 6.35. The average Bonchev–Trinajstić information content (AvgIpc) is 3.52. The van der Waals surface area contributed by atoms with Gasteiger partial charge in [0, 0.05) is 36.4 Å². The van der Waals surface area contributed by atoms with E-state index in [1.165, 1.54) is 0 Å². The van der Waals surface area contributed by atoms with Gasteiger partial charge in [0.15, 0.2) is 11.6 Å². The van der Waals surface area contributed by atoms with Crippen LogP contribution in [0.15, 0.2) is 55.0 Å². The number of benzene rings is 1. The summed E-state index contributed by atoms with van der Waals surface area (Å²) in [6.07, 6.45) is 3.49. The molecule has 4 heterocycles. The smallest absolute Gasteiger partial charge is 0.257 e. The van der Waals surface area contributed by atoms with Crippen LogP contribution >= 0.6 is 11.3 Å². The lowest BCUT2D eigenvalue weighted by atomic mass is 9.96. The predicted octanol–water partition coefficient (Wildman–Crippen LogP) is 4.68. The Labute approximate surface area is 206 Å². The fraction of sp³-hybridized carbons (Fsp3) is 0.240. The van der Waals surface area contributed by atoms with Gasteiger partial charge in [0.05, 0.1) is 22.5 Å². The molecule has 5 aromatic rings. The van der Waals surface area contributed by atoms with Crippen molar-refractivity contribution < 1.29 is 9.63 Å². The van der Waals surface area contributed by atoms with Crippen molar-refractivity contribution >= 4 is 22.8 Å². The summed E-state index contributed by atoms with van der Waals surface area (Å²) < 4.78 is 3.67. The van der Waals surface area contributed by atoms with E-state index in [1.54, 1.807) is 34.4 Å². The molecule has 1 N–H and O–H groups in total. The van der Waals surface area contributed by atoms with E-state index in [9.17, 15) is 4.79 Å². The zero-order valence-corrected chi connectivity index (χ0v) is 20.9. The summed E-state index contributed by atoms with van der Waals surface area (Å²) in [5.74, 6) is 1.04. The van der Waals surface area contributed by atoms with E-state index in [0.717, 1.165) is 43.7 Å². The van der Waals surface area contributed by atoms with Gasteiger partial charge >= 0.3 is 0 Å². The molecule has 35 heavy (non-hydrogen) atoms. The summed E-state index contributed by atoms with van der Waals surface area (Å²) in [6, 6.07) is 13.6. The number of aryl methyl sites for hydroxylation is 2. The Morgan fingerprint density at radius 3 is 2.60 bits per heavy atom. The highest BCUT2D eigenvalue weighted by molar-refractivity contribution is 7.19. The number of hydrogen-bond acceptors (Lipinski definition) is 7. The van der Waals surface area contributed by atoms with E-state index in [1.807, 2.05) is 75.7 Å². The lowest BCUT2D eigenvalue weighted by Crippen LogP contribution is -2.36. The third-order valence-corrected chi connectivity index (χ3v) is 6.60. The van der Waals surface area contributed by atoms with Crippen molar-refractivity contribution in [3.63, 3.8) is 0 Å². The molecule has 0 spiro atoms. The maximum Gasteiger partial charge on any atom is 0.257 e. The molecule has 0 bridgehead atoms. The second-order valence-corrected chi connectivity index (χ2v) is 10.3. The van der Waals surface area contributed by atoms with Crippen LogP contribution in [0.3, 0.4) is 0 Å². The van der Waals surface area contributed by atoms with Crippen molar-refractivity contribution in [1.82, 2.24) is 34.8 Å². The molecule has 0 aliphatic carbocycles. The number of carbonyl (C=O) groups excluding carboxylic acids is 1. The number of nitrogens with zero attached hydrogens (tertiary/aromatic N) is 6. The van der Waals surface area contributed by atoms with Gasteiger partial charge in [-0.2, -0.15) is 10.6 Å². The lowest BCUT2D eigenvalue weighted by Gasteiger charge is -2.17. The SMILES string of the molecule is Cc1nn2ccc(ONC(=O)C(C)(C)C)cc2c1-c1nc(-c2ccccc2)c(-c2nncn2C)s1. The molecular formula is C25H25N7O2S. The second-order valence-electron chi connectivity index (χ2n) is 9.26. The zero-order chi connectivity index (χ0) is 24.7. The van der Waals surface area contributed by atoms with Crippen LogP contribution in [0.2, 0.25) is 0 Å². The number of hydrogen-bond donors (Lipinski definition) is 1. The number of fused-ring (bicyclic) bond motifs is 1. The number of aromatic nitrogens is 6. The monoisotopic (exact) mass is 487 g/mol. The van der Waals surface area contributed by atoms with Gasteiger partial charge in [-0.15, -0.1) is 21.5 Å². The fourth-order valence-electron chi connectivity index (χ4n) is 3.59. The first-order valence-corrected chi connectivity index (χ1v) is 11.9. The predicted molar refractivity (Wildman–Crippen MR) is 135 cm³/mol. The Kier molecular flexibility index (Phi) is 5.60. The zero-order valence-electron chi connectivity index (χ0n) is 20.1. The lowest BCUT2D eigenvalue weighted by molar-refractivity contribution is -0.135. The molecule has 0 atom stereocenters. The molecule has 1 amide bonds. The van der Waals surface area contributed by atoms with Crippen LogP contribution < -0.4 is 10.3 Å². The summed E-state index contributed by atoms with van der Waals surface area (Å²) in [7, 11) is 1.92. The normalized spacial score (nSPS) is 11.7. The van der Waals surface area contributed by atoms with E-state index in [0.29, 0.717) is 5.75 Å². The van der Waals surface area contributed by atoms with Gasteiger partial charge in [0.25, 0.3) is 5.91 Å². The first kappa shape index (κ1) is 22.7. The van der Waals surface area contributed by atoms with Gasteiger partial charge in [0.1, 0.15) is 16.2 Å². The molecule has 4 aromatic heterocycles. The number of carbonyl (C=O) groups is 1. The van der Waals surface area contributed by atoms with Crippen LogP contribution in [0.25, 0.3) is 38.0 Å². The Balaban J connectivity index is 1.61. The first-order chi connectivity index (χ1) is 16.7. The van der Waals surface area contributed by atoms with E-state index in [4.69, 9.17) is 9.82 Å². The van der Waals surface area contributed by atoms with Crippen molar-refractivity contribution in [1.29, 1.82) is 0 Å². The summed E-state index contributed by atoms with van der Waals surface area (Å²) >= 11 is 1.54. The highest BCUT2D eigenvalue weighted by Gasteiger charge is 2.24. The largest absolute Gasteiger partial charge is 0.379 e. The van der Waals surface area contributed by atoms with E-state index in [-0.39, 0.29) is 5.91 Å². The molecule has 0 unspecified atom stereocenters. The standard InChI is InChI=1S/C25H25N7O2S/c1-15-19(18-13-17(11-12-32(18)29-15)34-30-24(33)25(2,3)4)23-27-20(16-9-7-6-8-10-16)21(35-23)22-28-26-14-31(22)5/h6-14H,1-5H3,(H,30,33). The molecule has 0 radical (unpaired) electrons. The first-order valence-electron chi connectivity index (χ1n) is 11.1. The Morgan fingerprint density at radius 2 is 1.91 bits per heavy atom. The molecule has 0 fully saturated rings. The Morgan fingerprint density at radius 1 is 1.14 bits per heavy atom. The quantitative estimate of drug-likeness (QED) is 0.361. The highest BCUT2D eigenvalue weighted by atomic mass is 32.1. The molecule has 0 saturated heterocycles. The highest BCUT2D eigenvalue weighted by Crippen LogP contribution is 2.42. The van der Waals surface area contributed by atoms with Gasteiger partial charge in [0.2, 0.25) is 0 Å². The maximum absolute atomic E-state index is 12.2. The average molecular weight is 488 g/mol. The van der Waals surface area contributed by atoms with Gasteiger partial charge in [-0.05, 0) is 6.92 Å². The van der Waals surface area contributed by atoms with Crippen LogP contribution in [-0.2, 0) is 11.8 Å². The van der Waals surface area contributed by atoms with Crippen LogP contribution in [-0.4, -0.2) is 35.3 Å². The topological polar surface area (TPSA) is 99.2 Å². The number of amides is 1. The Bertz CT molecular complexity index is 1530. The molecule has 0 aliphatic rings. The van der Waals surface area contributed by atoms with Crippen LogP contribution in [0.1, 0.15) is 26.5 Å². The molecule has 0 aliphatic heterocycles. The van der Waals surface area contributed by atoms with Crippen molar-refractivity contribution in [2.45, 2.75) is 27.7 Å². The van der Waals surface area contributed by atoms with Gasteiger partial charge in [-0.1, -0.05) is 51.1 Å². The number of hydroxylamine groups is 1. The molecular weight excluding hydrogens is 462 g/mol. The van der Waals surface area contributed by atoms with Crippen LogP contribution in [0.4, 0.5) is 0 Å². The molecule has 1 aromatic carbocycles. The molecule has 10 heteroatoms. The van der Waals surface area contributed by atoms with E-state index >= 15 is 0 Å². The van der Waals surface area contributed by atoms with Gasteiger partial charge < -0.3 is 9.40 Å². The summed E-state index contributed by atoms with van der Waals surface area (Å²) in [6.45, 7) is 7.44. The van der Waals surface area contributed by atoms with Crippen molar-refractivity contribution in [2.75, 3.05) is 0 Å². The molecule has 9 nitrogen and oxygen atoms in total. The minimum atomic E-state index is -0.562. The minimum absolute atomic E-state index is 0.206. The third kappa shape index (κ3) is 4.28. The van der Waals surface area contributed by atoms with Crippen LogP contribution in [0.5, 0.6) is 5.75 Å². The Hall–Kier alpha value is -4.05. The summed E-state index contributed by atoms with van der Waals surface area (Å²) in [5, 5.41) is 13.9. The van der Waals surface area contributed by atoms with Gasteiger partial charge in [-0.3, -0.25) is 4.79 Å². The van der Waals surface area contributed by atoms with E-state index < -0.39 is 5.41 Å². The minimum Gasteiger partial charge on any atom is -0.379 e. The van der Waals surface area contributed by atoms with Crippen molar-refractivity contribution in [3.05, 3.63) is 60.7 Å². The van der Waals surface area contributed by atoms with Crippen LogP contribution in [0, 0.1) is 12.3 Å².